The van der Waals surface area contributed by atoms with Crippen molar-refractivity contribution in [2.24, 2.45) is 5.92 Å². The molecule has 3 rings (SSSR count). The van der Waals surface area contributed by atoms with Gasteiger partial charge in [0.1, 0.15) is 11.7 Å². The Morgan fingerprint density at radius 2 is 2.21 bits per heavy atom. The molecule has 2 aromatic rings. The van der Waals surface area contributed by atoms with Crippen LogP contribution < -0.4 is 4.90 Å². The van der Waals surface area contributed by atoms with Crippen LogP contribution in [0.15, 0.2) is 41.0 Å². The number of hydrogen-bond acceptors (Lipinski definition) is 3. The van der Waals surface area contributed by atoms with Crippen molar-refractivity contribution in [2.45, 2.75) is 19.9 Å². The van der Waals surface area contributed by atoms with Crippen molar-refractivity contribution in [1.29, 1.82) is 0 Å². The lowest BCUT2D eigenvalue weighted by Gasteiger charge is -2.21. The molecule has 6 heteroatoms. The van der Waals surface area contributed by atoms with E-state index in [0.717, 1.165) is 11.3 Å². The Kier molecular flexibility index (Phi) is 4.62. The van der Waals surface area contributed by atoms with E-state index in [1.54, 1.807) is 30.3 Å². The number of anilines is 1. The molecule has 1 unspecified atom stereocenters. The number of halogens is 1. The van der Waals surface area contributed by atoms with Crippen molar-refractivity contribution in [3.63, 3.8) is 0 Å². The molecule has 126 valence electrons. The maximum atomic E-state index is 12.7. The molecule has 0 aliphatic carbocycles. The third-order valence-electron chi connectivity index (χ3n) is 4.31. The molecule has 0 saturated carbocycles. The molecule has 0 radical (unpaired) electrons. The number of furan rings is 1. The second-order valence-corrected chi connectivity index (χ2v) is 6.45. The molecule has 0 bridgehead atoms. The highest BCUT2D eigenvalue weighted by Gasteiger charge is 2.39. The second kappa shape index (κ2) is 6.69. The highest BCUT2D eigenvalue weighted by Crippen LogP contribution is 2.29. The number of amides is 2. The number of rotatable bonds is 4. The molecule has 2 heterocycles. The molecule has 1 aliphatic heterocycles. The standard InChI is InChI=1S/C18H19ClN2O3/c1-12-10-13(5-6-16(12)19)21-8-7-15(18(21)23)17(22)20(2)11-14-4-3-9-24-14/h3-6,9-10,15H,7-8,11H2,1-2H3. The van der Waals surface area contributed by atoms with Gasteiger partial charge in [-0.25, -0.2) is 0 Å². The van der Waals surface area contributed by atoms with Crippen molar-refractivity contribution in [1.82, 2.24) is 4.90 Å². The lowest BCUT2D eigenvalue weighted by molar-refractivity contribution is -0.139. The van der Waals surface area contributed by atoms with Crippen LogP contribution in [0.1, 0.15) is 17.7 Å². The Morgan fingerprint density at radius 1 is 1.42 bits per heavy atom. The Balaban J connectivity index is 1.71. The van der Waals surface area contributed by atoms with Crippen LogP contribution in [0.5, 0.6) is 0 Å². The van der Waals surface area contributed by atoms with Gasteiger partial charge in [0.15, 0.2) is 0 Å². The summed E-state index contributed by atoms with van der Waals surface area (Å²) in [5, 5.41) is 0.663. The van der Waals surface area contributed by atoms with Crippen molar-refractivity contribution < 1.29 is 14.0 Å². The van der Waals surface area contributed by atoms with Crippen LogP contribution in [0.25, 0.3) is 0 Å². The number of hydrogen-bond donors (Lipinski definition) is 0. The molecule has 1 fully saturated rings. The summed E-state index contributed by atoms with van der Waals surface area (Å²) in [5.74, 6) is -0.278. The van der Waals surface area contributed by atoms with E-state index in [2.05, 4.69) is 0 Å². The fourth-order valence-electron chi connectivity index (χ4n) is 2.94. The molecule has 0 spiro atoms. The zero-order valence-corrected chi connectivity index (χ0v) is 14.4. The van der Waals surface area contributed by atoms with E-state index in [-0.39, 0.29) is 11.8 Å². The Hall–Kier alpha value is -2.27. The summed E-state index contributed by atoms with van der Waals surface area (Å²) in [5.41, 5.74) is 1.69. The maximum Gasteiger partial charge on any atom is 0.239 e. The number of nitrogens with zero attached hydrogens (tertiary/aromatic N) is 2. The van der Waals surface area contributed by atoms with Crippen molar-refractivity contribution in [3.8, 4) is 0 Å². The van der Waals surface area contributed by atoms with Crippen LogP contribution in [0.3, 0.4) is 0 Å². The highest BCUT2D eigenvalue weighted by atomic mass is 35.5. The number of carbonyl (C=O) groups is 2. The summed E-state index contributed by atoms with van der Waals surface area (Å²) >= 11 is 6.04. The number of benzene rings is 1. The summed E-state index contributed by atoms with van der Waals surface area (Å²) in [6.45, 7) is 2.78. The molecule has 5 nitrogen and oxygen atoms in total. The maximum absolute atomic E-state index is 12.7. The third-order valence-corrected chi connectivity index (χ3v) is 4.73. The van der Waals surface area contributed by atoms with Crippen molar-refractivity contribution in [2.75, 3.05) is 18.5 Å². The van der Waals surface area contributed by atoms with Gasteiger partial charge in [-0.1, -0.05) is 11.6 Å². The monoisotopic (exact) mass is 346 g/mol. The van der Waals surface area contributed by atoms with Crippen LogP contribution in [-0.2, 0) is 16.1 Å². The van der Waals surface area contributed by atoms with Crippen molar-refractivity contribution in [3.05, 3.63) is 52.9 Å². The van der Waals surface area contributed by atoms with Gasteiger partial charge in [-0.15, -0.1) is 0 Å². The minimum absolute atomic E-state index is 0.159. The fraction of sp³-hybridized carbons (Fsp3) is 0.333. The first-order valence-corrected chi connectivity index (χ1v) is 8.20. The lowest BCUT2D eigenvalue weighted by atomic mass is 10.1. The first-order chi connectivity index (χ1) is 11.5. The Labute approximate surface area is 145 Å². The zero-order valence-electron chi connectivity index (χ0n) is 13.7. The van der Waals surface area contributed by atoms with Gasteiger partial charge in [-0.2, -0.15) is 0 Å². The molecule has 1 aliphatic rings. The topological polar surface area (TPSA) is 53.8 Å². The summed E-state index contributed by atoms with van der Waals surface area (Å²) in [7, 11) is 1.69. The van der Waals surface area contributed by atoms with E-state index in [0.29, 0.717) is 30.3 Å². The van der Waals surface area contributed by atoms with Crippen molar-refractivity contribution >= 4 is 29.1 Å². The van der Waals surface area contributed by atoms with Crippen LogP contribution in [-0.4, -0.2) is 30.3 Å². The molecule has 0 N–H and O–H groups in total. The predicted octanol–water partition coefficient (Wildman–Crippen LogP) is 3.25. The molecular formula is C18H19ClN2O3. The smallest absolute Gasteiger partial charge is 0.239 e. The summed E-state index contributed by atoms with van der Waals surface area (Å²) < 4.78 is 5.26. The highest BCUT2D eigenvalue weighted by molar-refractivity contribution is 6.31. The van der Waals surface area contributed by atoms with Gasteiger partial charge in [0.2, 0.25) is 11.8 Å². The van der Waals surface area contributed by atoms with Gasteiger partial charge in [0, 0.05) is 24.3 Å². The van der Waals surface area contributed by atoms with E-state index in [4.69, 9.17) is 16.0 Å². The largest absolute Gasteiger partial charge is 0.467 e. The van der Waals surface area contributed by atoms with Gasteiger partial charge < -0.3 is 14.2 Å². The first kappa shape index (κ1) is 16.6. The van der Waals surface area contributed by atoms with E-state index >= 15 is 0 Å². The van der Waals surface area contributed by atoms with E-state index in [1.807, 2.05) is 25.1 Å². The Morgan fingerprint density at radius 3 is 2.88 bits per heavy atom. The van der Waals surface area contributed by atoms with Gasteiger partial charge in [-0.05, 0) is 49.2 Å². The summed E-state index contributed by atoms with van der Waals surface area (Å²) in [6, 6.07) is 9.05. The molecular weight excluding hydrogens is 328 g/mol. The van der Waals surface area contributed by atoms with Crippen LogP contribution in [0.2, 0.25) is 5.02 Å². The van der Waals surface area contributed by atoms with Gasteiger partial charge >= 0.3 is 0 Å². The summed E-state index contributed by atoms with van der Waals surface area (Å²) in [6.07, 6.45) is 2.08. The Bertz CT molecular complexity index is 758. The molecule has 1 aromatic carbocycles. The normalized spacial score (nSPS) is 17.4. The minimum atomic E-state index is -0.638. The molecule has 1 aromatic heterocycles. The molecule has 1 atom stereocenters. The fourth-order valence-corrected chi connectivity index (χ4v) is 3.06. The first-order valence-electron chi connectivity index (χ1n) is 7.82. The minimum Gasteiger partial charge on any atom is -0.467 e. The van der Waals surface area contributed by atoms with Crippen LogP contribution >= 0.6 is 11.6 Å². The third kappa shape index (κ3) is 3.17. The van der Waals surface area contributed by atoms with Gasteiger partial charge in [-0.3, -0.25) is 9.59 Å². The summed E-state index contributed by atoms with van der Waals surface area (Å²) in [4.78, 5) is 28.5. The van der Waals surface area contributed by atoms with E-state index in [9.17, 15) is 9.59 Å². The van der Waals surface area contributed by atoms with Gasteiger partial charge in [0.05, 0.1) is 12.8 Å². The average Bonchev–Trinajstić information content (AvgIpc) is 3.19. The second-order valence-electron chi connectivity index (χ2n) is 6.04. The number of aryl methyl sites for hydroxylation is 1. The van der Waals surface area contributed by atoms with E-state index < -0.39 is 5.92 Å². The number of carbonyl (C=O) groups excluding carboxylic acids is 2. The predicted molar refractivity (Wildman–Crippen MR) is 91.8 cm³/mol. The average molecular weight is 347 g/mol. The molecule has 2 amide bonds. The van der Waals surface area contributed by atoms with Crippen LogP contribution in [0.4, 0.5) is 5.69 Å². The molecule has 1 saturated heterocycles. The lowest BCUT2D eigenvalue weighted by Crippen LogP contribution is -2.37. The zero-order chi connectivity index (χ0) is 17.3. The van der Waals surface area contributed by atoms with Crippen LogP contribution in [0, 0.1) is 12.8 Å². The quantitative estimate of drug-likeness (QED) is 0.798. The molecule has 24 heavy (non-hydrogen) atoms. The van der Waals surface area contributed by atoms with Gasteiger partial charge in [0.25, 0.3) is 0 Å². The SMILES string of the molecule is Cc1cc(N2CCC(C(=O)N(C)Cc3ccco3)C2=O)ccc1Cl. The van der Waals surface area contributed by atoms with E-state index in [1.165, 1.54) is 4.90 Å².